The van der Waals surface area contributed by atoms with Crippen molar-refractivity contribution >= 4 is 22.7 Å². The third-order valence-electron chi connectivity index (χ3n) is 4.09. The second-order valence-corrected chi connectivity index (χ2v) is 5.85. The van der Waals surface area contributed by atoms with E-state index < -0.39 is 0 Å². The minimum Gasteiger partial charge on any atom is -0.494 e. The standard InChI is InChI=1S/C21H17N3O3/c1-2-26-16-12-10-15(11-13-16)20-23-24-21(27-20)22-19(25)18-9-5-7-14-6-3-4-8-17(14)18/h3-13H,2H2,1H3,(H,22,24,25). The summed E-state index contributed by atoms with van der Waals surface area (Å²) < 4.78 is 11.0. The lowest BCUT2D eigenvalue weighted by molar-refractivity contribution is 0.102. The van der Waals surface area contributed by atoms with Crippen LogP contribution in [0.15, 0.2) is 71.1 Å². The van der Waals surface area contributed by atoms with Crippen LogP contribution in [0.2, 0.25) is 0 Å². The van der Waals surface area contributed by atoms with Crippen molar-refractivity contribution in [1.82, 2.24) is 10.2 Å². The molecule has 1 N–H and O–H groups in total. The SMILES string of the molecule is CCOc1ccc(-c2nnc(NC(=O)c3cccc4ccccc34)o2)cc1. The molecule has 0 bridgehead atoms. The van der Waals surface area contributed by atoms with Crippen LogP contribution in [-0.4, -0.2) is 22.7 Å². The van der Waals surface area contributed by atoms with Crippen LogP contribution in [0.25, 0.3) is 22.2 Å². The van der Waals surface area contributed by atoms with Crippen molar-refractivity contribution in [3.05, 3.63) is 72.3 Å². The number of carbonyl (C=O) groups excluding carboxylic acids is 1. The van der Waals surface area contributed by atoms with Crippen molar-refractivity contribution in [2.75, 3.05) is 11.9 Å². The van der Waals surface area contributed by atoms with E-state index >= 15 is 0 Å². The zero-order valence-electron chi connectivity index (χ0n) is 14.7. The van der Waals surface area contributed by atoms with Crippen molar-refractivity contribution in [1.29, 1.82) is 0 Å². The van der Waals surface area contributed by atoms with Crippen LogP contribution >= 0.6 is 0 Å². The van der Waals surface area contributed by atoms with E-state index in [1.54, 1.807) is 6.07 Å². The Labute approximate surface area is 155 Å². The molecule has 0 saturated heterocycles. The van der Waals surface area contributed by atoms with Gasteiger partial charge in [-0.1, -0.05) is 41.5 Å². The predicted octanol–water partition coefficient (Wildman–Crippen LogP) is 4.54. The van der Waals surface area contributed by atoms with Gasteiger partial charge >= 0.3 is 6.01 Å². The van der Waals surface area contributed by atoms with Gasteiger partial charge in [-0.15, -0.1) is 5.10 Å². The van der Waals surface area contributed by atoms with Gasteiger partial charge in [-0.05, 0) is 48.0 Å². The number of amides is 1. The highest BCUT2D eigenvalue weighted by Crippen LogP contribution is 2.24. The molecule has 0 atom stereocenters. The van der Waals surface area contributed by atoms with Crippen LogP contribution in [-0.2, 0) is 0 Å². The Morgan fingerprint density at radius 1 is 1.00 bits per heavy atom. The molecule has 4 rings (SSSR count). The van der Waals surface area contributed by atoms with Gasteiger partial charge in [0.05, 0.1) is 6.61 Å². The number of carbonyl (C=O) groups is 1. The van der Waals surface area contributed by atoms with Gasteiger partial charge in [-0.2, -0.15) is 0 Å². The highest BCUT2D eigenvalue weighted by atomic mass is 16.5. The van der Waals surface area contributed by atoms with E-state index in [-0.39, 0.29) is 11.9 Å². The van der Waals surface area contributed by atoms with Gasteiger partial charge in [0.2, 0.25) is 5.89 Å². The smallest absolute Gasteiger partial charge is 0.322 e. The molecule has 1 aromatic heterocycles. The molecule has 0 radical (unpaired) electrons. The van der Waals surface area contributed by atoms with Crippen LogP contribution in [0.4, 0.5) is 6.01 Å². The predicted molar refractivity (Wildman–Crippen MR) is 103 cm³/mol. The Kier molecular flexibility index (Phi) is 4.53. The molecule has 1 amide bonds. The lowest BCUT2D eigenvalue weighted by atomic mass is 10.0. The maximum absolute atomic E-state index is 12.6. The molecule has 0 spiro atoms. The Morgan fingerprint density at radius 3 is 2.59 bits per heavy atom. The third-order valence-corrected chi connectivity index (χ3v) is 4.09. The van der Waals surface area contributed by atoms with E-state index in [4.69, 9.17) is 9.15 Å². The van der Waals surface area contributed by atoms with Gasteiger partial charge in [-0.3, -0.25) is 10.1 Å². The second kappa shape index (κ2) is 7.29. The number of hydrogen-bond donors (Lipinski definition) is 1. The van der Waals surface area contributed by atoms with Gasteiger partial charge in [-0.25, -0.2) is 0 Å². The van der Waals surface area contributed by atoms with Crippen LogP contribution in [0.1, 0.15) is 17.3 Å². The number of nitrogens with one attached hydrogen (secondary N) is 1. The zero-order chi connectivity index (χ0) is 18.6. The fourth-order valence-electron chi connectivity index (χ4n) is 2.84. The molecule has 0 aliphatic carbocycles. The second-order valence-electron chi connectivity index (χ2n) is 5.85. The van der Waals surface area contributed by atoms with E-state index in [2.05, 4.69) is 15.5 Å². The lowest BCUT2D eigenvalue weighted by Gasteiger charge is -2.05. The largest absolute Gasteiger partial charge is 0.494 e. The molecule has 4 aromatic rings. The average molecular weight is 359 g/mol. The Balaban J connectivity index is 1.54. The Morgan fingerprint density at radius 2 is 1.78 bits per heavy atom. The molecular weight excluding hydrogens is 342 g/mol. The number of rotatable bonds is 5. The van der Waals surface area contributed by atoms with Gasteiger partial charge in [0.15, 0.2) is 0 Å². The molecule has 0 aliphatic heterocycles. The number of anilines is 1. The van der Waals surface area contributed by atoms with Gasteiger partial charge in [0.1, 0.15) is 5.75 Å². The van der Waals surface area contributed by atoms with Crippen LogP contribution in [0.3, 0.4) is 0 Å². The van der Waals surface area contributed by atoms with E-state index in [0.717, 1.165) is 22.1 Å². The molecule has 6 heteroatoms. The monoisotopic (exact) mass is 359 g/mol. The quantitative estimate of drug-likeness (QED) is 0.566. The van der Waals surface area contributed by atoms with Gasteiger partial charge in [0, 0.05) is 11.1 Å². The van der Waals surface area contributed by atoms with Crippen LogP contribution < -0.4 is 10.1 Å². The van der Waals surface area contributed by atoms with Crippen molar-refractivity contribution in [2.24, 2.45) is 0 Å². The van der Waals surface area contributed by atoms with E-state index in [1.807, 2.05) is 67.6 Å². The minimum absolute atomic E-state index is 0.0526. The van der Waals surface area contributed by atoms with Crippen molar-refractivity contribution in [2.45, 2.75) is 6.92 Å². The van der Waals surface area contributed by atoms with Gasteiger partial charge < -0.3 is 9.15 Å². The van der Waals surface area contributed by atoms with Crippen molar-refractivity contribution in [3.63, 3.8) is 0 Å². The highest BCUT2D eigenvalue weighted by molar-refractivity contribution is 6.12. The fraction of sp³-hybridized carbons (Fsp3) is 0.0952. The summed E-state index contributed by atoms with van der Waals surface area (Å²) in [6, 6.07) is 20.6. The first-order chi connectivity index (χ1) is 13.2. The van der Waals surface area contributed by atoms with Crippen molar-refractivity contribution in [3.8, 4) is 17.2 Å². The normalized spacial score (nSPS) is 10.7. The summed E-state index contributed by atoms with van der Waals surface area (Å²) in [6.07, 6.45) is 0. The molecule has 0 saturated carbocycles. The minimum atomic E-state index is -0.298. The lowest BCUT2D eigenvalue weighted by Crippen LogP contribution is -2.12. The zero-order valence-corrected chi connectivity index (χ0v) is 14.7. The molecule has 0 aliphatic rings. The number of fused-ring (bicyclic) bond motifs is 1. The first-order valence-corrected chi connectivity index (χ1v) is 8.60. The summed E-state index contributed by atoms with van der Waals surface area (Å²) in [4.78, 5) is 12.6. The maximum Gasteiger partial charge on any atom is 0.322 e. The molecule has 3 aromatic carbocycles. The molecular formula is C21H17N3O3. The molecule has 6 nitrogen and oxygen atoms in total. The van der Waals surface area contributed by atoms with Gasteiger partial charge in [0.25, 0.3) is 5.91 Å². The number of hydrogen-bond acceptors (Lipinski definition) is 5. The average Bonchev–Trinajstić information content (AvgIpc) is 3.17. The maximum atomic E-state index is 12.6. The summed E-state index contributed by atoms with van der Waals surface area (Å²) in [5.41, 5.74) is 1.30. The molecule has 0 fully saturated rings. The molecule has 1 heterocycles. The number of ether oxygens (including phenoxy) is 1. The highest BCUT2D eigenvalue weighted by Gasteiger charge is 2.14. The summed E-state index contributed by atoms with van der Waals surface area (Å²) in [5.74, 6) is 0.796. The third kappa shape index (κ3) is 3.50. The first kappa shape index (κ1) is 16.8. The summed E-state index contributed by atoms with van der Waals surface area (Å²) in [7, 11) is 0. The Hall–Kier alpha value is -3.67. The van der Waals surface area contributed by atoms with E-state index in [9.17, 15) is 4.79 Å². The molecule has 27 heavy (non-hydrogen) atoms. The fourth-order valence-corrected chi connectivity index (χ4v) is 2.84. The van der Waals surface area contributed by atoms with E-state index in [1.165, 1.54) is 0 Å². The number of nitrogens with zero attached hydrogens (tertiary/aromatic N) is 2. The topological polar surface area (TPSA) is 77.3 Å². The summed E-state index contributed by atoms with van der Waals surface area (Å²) in [6.45, 7) is 2.53. The van der Waals surface area contributed by atoms with Crippen LogP contribution in [0.5, 0.6) is 5.75 Å². The van der Waals surface area contributed by atoms with Crippen LogP contribution in [0, 0.1) is 0 Å². The number of benzene rings is 3. The summed E-state index contributed by atoms with van der Waals surface area (Å²) >= 11 is 0. The molecule has 134 valence electrons. The number of aromatic nitrogens is 2. The summed E-state index contributed by atoms with van der Waals surface area (Å²) in [5, 5.41) is 12.4. The van der Waals surface area contributed by atoms with Crippen molar-refractivity contribution < 1.29 is 13.9 Å². The molecule has 0 unspecified atom stereocenters. The van der Waals surface area contributed by atoms with E-state index in [0.29, 0.717) is 18.1 Å². The Bertz CT molecular complexity index is 1080. The first-order valence-electron chi connectivity index (χ1n) is 8.60.